The number of hydrogen-bond acceptors (Lipinski definition) is 3. The summed E-state index contributed by atoms with van der Waals surface area (Å²) in [6, 6.07) is 6.75. The van der Waals surface area contributed by atoms with Crippen LogP contribution in [0.3, 0.4) is 0 Å². The predicted octanol–water partition coefficient (Wildman–Crippen LogP) is 2.80. The van der Waals surface area contributed by atoms with E-state index in [1.54, 1.807) is 6.07 Å². The summed E-state index contributed by atoms with van der Waals surface area (Å²) in [7, 11) is 0. The molecule has 0 bridgehead atoms. The Morgan fingerprint density at radius 3 is 2.67 bits per heavy atom. The monoisotopic (exact) mass is 222 g/mol. The summed E-state index contributed by atoms with van der Waals surface area (Å²) in [5.74, 6) is 0. The second kappa shape index (κ2) is 3.21. The van der Waals surface area contributed by atoms with Crippen molar-refractivity contribution in [1.29, 1.82) is 5.26 Å². The van der Waals surface area contributed by atoms with E-state index >= 15 is 0 Å². The van der Waals surface area contributed by atoms with Crippen LogP contribution < -0.4 is 0 Å². The van der Waals surface area contributed by atoms with Gasteiger partial charge in [-0.2, -0.15) is 5.26 Å². The first-order valence-electron chi connectivity index (χ1n) is 4.45. The number of nitrogens with zero attached hydrogens (tertiary/aromatic N) is 2. The summed E-state index contributed by atoms with van der Waals surface area (Å²) < 4.78 is 0. The average Bonchev–Trinajstić information content (AvgIpc) is 2.99. The van der Waals surface area contributed by atoms with E-state index < -0.39 is 10.3 Å². The summed E-state index contributed by atoms with van der Waals surface area (Å²) >= 11 is 5.68. The van der Waals surface area contributed by atoms with E-state index in [9.17, 15) is 10.1 Å². The maximum Gasteiger partial charge on any atom is 0.288 e. The molecule has 15 heavy (non-hydrogen) atoms. The zero-order valence-corrected chi connectivity index (χ0v) is 8.49. The first-order chi connectivity index (χ1) is 7.09. The van der Waals surface area contributed by atoms with E-state index in [4.69, 9.17) is 16.9 Å². The minimum absolute atomic E-state index is 0.109. The Kier molecular flexibility index (Phi) is 2.13. The quantitative estimate of drug-likeness (QED) is 0.571. The highest BCUT2D eigenvalue weighted by molar-refractivity contribution is 6.32. The zero-order chi connectivity index (χ0) is 11.1. The van der Waals surface area contributed by atoms with Crippen LogP contribution in [0.15, 0.2) is 18.2 Å². The number of nitriles is 1. The molecule has 1 aromatic rings. The topological polar surface area (TPSA) is 66.9 Å². The molecule has 1 saturated carbocycles. The molecule has 0 saturated heterocycles. The SMILES string of the molecule is N#CC1(c2ccc(Cl)c([N+](=O)[O-])c2)CC1. The molecule has 0 aliphatic heterocycles. The van der Waals surface area contributed by atoms with Crippen LogP contribution in [0.1, 0.15) is 18.4 Å². The Labute approximate surface area is 91.2 Å². The second-order valence-electron chi connectivity index (χ2n) is 3.62. The van der Waals surface area contributed by atoms with Crippen molar-refractivity contribution in [2.75, 3.05) is 0 Å². The third kappa shape index (κ3) is 1.55. The Hall–Kier alpha value is -1.60. The van der Waals surface area contributed by atoms with Crippen LogP contribution in [0.25, 0.3) is 0 Å². The van der Waals surface area contributed by atoms with Gasteiger partial charge in [-0.05, 0) is 24.5 Å². The van der Waals surface area contributed by atoms with Crippen molar-refractivity contribution < 1.29 is 4.92 Å². The van der Waals surface area contributed by atoms with Crippen molar-refractivity contribution in [3.63, 3.8) is 0 Å². The molecular weight excluding hydrogens is 216 g/mol. The number of nitro benzene ring substituents is 1. The molecule has 76 valence electrons. The zero-order valence-electron chi connectivity index (χ0n) is 7.74. The number of hydrogen-bond donors (Lipinski definition) is 0. The van der Waals surface area contributed by atoms with E-state index in [1.807, 2.05) is 0 Å². The maximum absolute atomic E-state index is 10.6. The summed E-state index contributed by atoms with van der Waals surface area (Å²) in [5.41, 5.74) is 0.0619. The standard InChI is InChI=1S/C10H7ClN2O2/c11-8-2-1-7(5-9(8)13(14)15)10(6-12)3-4-10/h1-2,5H,3-4H2. The fourth-order valence-corrected chi connectivity index (χ4v) is 1.73. The largest absolute Gasteiger partial charge is 0.288 e. The third-order valence-corrected chi connectivity index (χ3v) is 2.98. The lowest BCUT2D eigenvalue weighted by Gasteiger charge is -2.05. The number of rotatable bonds is 2. The Balaban J connectivity index is 2.49. The van der Waals surface area contributed by atoms with Gasteiger partial charge in [0, 0.05) is 6.07 Å². The van der Waals surface area contributed by atoms with Crippen molar-refractivity contribution >= 4 is 17.3 Å². The van der Waals surface area contributed by atoms with E-state index in [0.29, 0.717) is 5.56 Å². The van der Waals surface area contributed by atoms with Crippen molar-refractivity contribution in [3.8, 4) is 6.07 Å². The number of halogens is 1. The molecule has 4 nitrogen and oxygen atoms in total. The minimum Gasteiger partial charge on any atom is -0.258 e. The molecule has 5 heteroatoms. The average molecular weight is 223 g/mol. The fraction of sp³-hybridized carbons (Fsp3) is 0.300. The first-order valence-corrected chi connectivity index (χ1v) is 4.82. The van der Waals surface area contributed by atoms with Crippen molar-refractivity contribution in [1.82, 2.24) is 0 Å². The van der Waals surface area contributed by atoms with Crippen molar-refractivity contribution in [2.24, 2.45) is 0 Å². The van der Waals surface area contributed by atoms with Crippen LogP contribution in [-0.2, 0) is 5.41 Å². The van der Waals surface area contributed by atoms with Crippen LogP contribution in [0.2, 0.25) is 5.02 Å². The Morgan fingerprint density at radius 1 is 1.53 bits per heavy atom. The van der Waals surface area contributed by atoms with Gasteiger partial charge in [-0.1, -0.05) is 17.7 Å². The summed E-state index contributed by atoms with van der Waals surface area (Å²) in [6.45, 7) is 0. The highest BCUT2D eigenvalue weighted by Crippen LogP contribution is 2.48. The lowest BCUT2D eigenvalue weighted by atomic mass is 9.97. The summed E-state index contributed by atoms with van der Waals surface area (Å²) in [6.07, 6.45) is 1.53. The van der Waals surface area contributed by atoms with Gasteiger partial charge in [-0.25, -0.2) is 0 Å². The van der Waals surface area contributed by atoms with Crippen LogP contribution in [0.5, 0.6) is 0 Å². The van der Waals surface area contributed by atoms with Gasteiger partial charge in [0.2, 0.25) is 0 Å². The first kappa shape index (κ1) is 9.94. The maximum atomic E-state index is 10.6. The highest BCUT2D eigenvalue weighted by Gasteiger charge is 2.45. The molecule has 0 atom stereocenters. The van der Waals surface area contributed by atoms with Gasteiger partial charge in [-0.3, -0.25) is 10.1 Å². The van der Waals surface area contributed by atoms with Gasteiger partial charge in [0.1, 0.15) is 5.02 Å². The molecule has 1 fully saturated rings. The van der Waals surface area contributed by atoms with E-state index in [2.05, 4.69) is 6.07 Å². The van der Waals surface area contributed by atoms with Crippen molar-refractivity contribution in [3.05, 3.63) is 38.9 Å². The summed E-state index contributed by atoms with van der Waals surface area (Å²) in [5, 5.41) is 19.7. The van der Waals surface area contributed by atoms with Gasteiger partial charge < -0.3 is 0 Å². The third-order valence-electron chi connectivity index (χ3n) is 2.66. The Morgan fingerprint density at radius 2 is 2.20 bits per heavy atom. The number of benzene rings is 1. The highest BCUT2D eigenvalue weighted by atomic mass is 35.5. The van der Waals surface area contributed by atoms with E-state index in [1.165, 1.54) is 12.1 Å². The van der Waals surface area contributed by atoms with Gasteiger partial charge in [0.15, 0.2) is 0 Å². The molecule has 0 aromatic heterocycles. The number of nitro groups is 1. The van der Waals surface area contributed by atoms with Crippen LogP contribution in [-0.4, -0.2) is 4.92 Å². The van der Waals surface area contributed by atoms with Gasteiger partial charge in [0.05, 0.1) is 16.4 Å². The minimum atomic E-state index is -0.528. The van der Waals surface area contributed by atoms with Gasteiger partial charge in [0.25, 0.3) is 5.69 Å². The molecule has 0 N–H and O–H groups in total. The van der Waals surface area contributed by atoms with Gasteiger partial charge >= 0.3 is 0 Å². The van der Waals surface area contributed by atoms with Crippen LogP contribution >= 0.6 is 11.6 Å². The molecule has 0 unspecified atom stereocenters. The molecule has 2 rings (SSSR count). The lowest BCUT2D eigenvalue weighted by Crippen LogP contribution is -2.03. The lowest BCUT2D eigenvalue weighted by molar-refractivity contribution is -0.384. The molecule has 1 aliphatic carbocycles. The smallest absolute Gasteiger partial charge is 0.258 e. The summed E-state index contributed by atoms with van der Waals surface area (Å²) in [4.78, 5) is 10.1. The molecule has 0 heterocycles. The molecular formula is C10H7ClN2O2. The van der Waals surface area contributed by atoms with Gasteiger partial charge in [-0.15, -0.1) is 0 Å². The van der Waals surface area contributed by atoms with Crippen molar-refractivity contribution in [2.45, 2.75) is 18.3 Å². The Bertz CT molecular complexity index is 475. The van der Waals surface area contributed by atoms with Crippen LogP contribution in [0.4, 0.5) is 5.69 Å². The van der Waals surface area contributed by atoms with E-state index in [0.717, 1.165) is 12.8 Å². The molecule has 0 spiro atoms. The predicted molar refractivity (Wildman–Crippen MR) is 54.6 cm³/mol. The normalized spacial score (nSPS) is 16.8. The van der Waals surface area contributed by atoms with Crippen LogP contribution in [0, 0.1) is 21.4 Å². The molecule has 0 amide bonds. The molecule has 1 aliphatic rings. The molecule has 0 radical (unpaired) electrons. The second-order valence-corrected chi connectivity index (χ2v) is 4.02. The van der Waals surface area contributed by atoms with E-state index in [-0.39, 0.29) is 10.7 Å². The fourth-order valence-electron chi connectivity index (χ4n) is 1.54. The molecule has 1 aromatic carbocycles.